The molecule has 2 rings (SSSR count). The number of furan rings is 1. The summed E-state index contributed by atoms with van der Waals surface area (Å²) in [5, 5.41) is 6.76. The predicted octanol–water partition coefficient (Wildman–Crippen LogP) is 3.40. The molecule has 0 aromatic carbocycles. The van der Waals surface area contributed by atoms with Crippen LogP contribution in [0, 0.1) is 0 Å². The second-order valence-corrected chi connectivity index (χ2v) is 7.14. The molecule has 27 heavy (non-hydrogen) atoms. The van der Waals surface area contributed by atoms with E-state index in [9.17, 15) is 0 Å². The van der Waals surface area contributed by atoms with Crippen LogP contribution in [0.5, 0.6) is 0 Å². The highest BCUT2D eigenvalue weighted by molar-refractivity contribution is 5.79. The Bertz CT molecular complexity index is 484. The number of nitrogens with zero attached hydrogens (tertiary/aromatic N) is 2. The van der Waals surface area contributed by atoms with Crippen LogP contribution >= 0.6 is 0 Å². The van der Waals surface area contributed by atoms with Crippen LogP contribution in [0.1, 0.15) is 57.6 Å². The van der Waals surface area contributed by atoms with Crippen molar-refractivity contribution in [2.24, 2.45) is 4.99 Å². The van der Waals surface area contributed by atoms with Crippen LogP contribution in [0.25, 0.3) is 0 Å². The van der Waals surface area contributed by atoms with E-state index in [1.807, 2.05) is 12.1 Å². The first-order valence-electron chi connectivity index (χ1n) is 10.7. The molecule has 0 bridgehead atoms. The van der Waals surface area contributed by atoms with Crippen LogP contribution in [-0.4, -0.2) is 56.7 Å². The number of guanidine groups is 1. The minimum atomic E-state index is 0.534. The first-order chi connectivity index (χ1) is 13.4. The fourth-order valence-corrected chi connectivity index (χ4v) is 3.29. The highest BCUT2D eigenvalue weighted by atomic mass is 16.5. The highest BCUT2D eigenvalue weighted by Gasteiger charge is 2.08. The zero-order valence-electron chi connectivity index (χ0n) is 17.0. The van der Waals surface area contributed by atoms with Gasteiger partial charge in [0.1, 0.15) is 12.4 Å². The van der Waals surface area contributed by atoms with Crippen molar-refractivity contribution in [3.05, 3.63) is 24.2 Å². The van der Waals surface area contributed by atoms with Gasteiger partial charge in [0.25, 0.3) is 0 Å². The largest absolute Gasteiger partial charge is 0.467 e. The van der Waals surface area contributed by atoms with E-state index in [0.29, 0.717) is 13.2 Å². The highest BCUT2D eigenvalue weighted by Crippen LogP contribution is 2.09. The zero-order valence-corrected chi connectivity index (χ0v) is 17.0. The van der Waals surface area contributed by atoms with Gasteiger partial charge in [-0.05, 0) is 70.8 Å². The molecule has 0 radical (unpaired) electrons. The Morgan fingerprint density at radius 3 is 2.81 bits per heavy atom. The molecular weight excluding hydrogens is 340 g/mol. The molecule has 0 amide bonds. The summed E-state index contributed by atoms with van der Waals surface area (Å²) in [5.74, 6) is 1.79. The number of likely N-dealkylation sites (tertiary alicyclic amines) is 1. The lowest BCUT2D eigenvalue weighted by Crippen LogP contribution is -2.38. The lowest BCUT2D eigenvalue weighted by atomic mass is 10.1. The van der Waals surface area contributed by atoms with Gasteiger partial charge in [-0.25, -0.2) is 0 Å². The average Bonchev–Trinajstić information content (AvgIpc) is 3.21. The van der Waals surface area contributed by atoms with Gasteiger partial charge in [-0.1, -0.05) is 12.8 Å². The second kappa shape index (κ2) is 14.5. The van der Waals surface area contributed by atoms with Crippen LogP contribution in [0.15, 0.2) is 27.8 Å². The molecule has 2 heterocycles. The summed E-state index contributed by atoms with van der Waals surface area (Å²) in [5.41, 5.74) is 0. The minimum absolute atomic E-state index is 0.534. The average molecular weight is 379 g/mol. The van der Waals surface area contributed by atoms with Gasteiger partial charge in [-0.2, -0.15) is 0 Å². The van der Waals surface area contributed by atoms with Crippen molar-refractivity contribution < 1.29 is 9.15 Å². The molecule has 0 atom stereocenters. The van der Waals surface area contributed by atoms with Crippen LogP contribution in [0.4, 0.5) is 0 Å². The molecule has 2 N–H and O–H groups in total. The predicted molar refractivity (Wildman–Crippen MR) is 111 cm³/mol. The molecular formula is C21H38N4O2. The maximum atomic E-state index is 5.59. The first kappa shape index (κ1) is 21.8. The summed E-state index contributed by atoms with van der Waals surface area (Å²) in [6, 6.07) is 3.81. The van der Waals surface area contributed by atoms with Gasteiger partial charge in [-0.3, -0.25) is 4.99 Å². The number of unbranched alkanes of at least 4 members (excludes halogenated alkanes) is 2. The molecule has 0 saturated carbocycles. The van der Waals surface area contributed by atoms with E-state index in [1.54, 1.807) is 6.26 Å². The molecule has 1 aliphatic rings. The van der Waals surface area contributed by atoms with Crippen LogP contribution in [0.3, 0.4) is 0 Å². The molecule has 1 aromatic heterocycles. The standard InChI is InChI=1S/C21H38N4O2/c1-2-22-21(24-13-10-17-26-19-20-11-9-18-27-20)23-12-5-3-6-14-25-15-7-4-8-16-25/h9,11,18H,2-8,10,12-17,19H2,1H3,(H2,22,23,24). The normalized spacial score (nSPS) is 15.8. The molecule has 1 aromatic rings. The van der Waals surface area contributed by atoms with E-state index in [1.165, 1.54) is 58.2 Å². The van der Waals surface area contributed by atoms with E-state index in [2.05, 4.69) is 27.4 Å². The minimum Gasteiger partial charge on any atom is -0.467 e. The van der Waals surface area contributed by atoms with Gasteiger partial charge in [0.2, 0.25) is 0 Å². The lowest BCUT2D eigenvalue weighted by molar-refractivity contribution is 0.105. The number of ether oxygens (including phenoxy) is 1. The fourth-order valence-electron chi connectivity index (χ4n) is 3.29. The molecule has 0 unspecified atom stereocenters. The molecule has 0 aliphatic carbocycles. The van der Waals surface area contributed by atoms with Gasteiger partial charge in [0.15, 0.2) is 5.96 Å². The van der Waals surface area contributed by atoms with Crippen molar-refractivity contribution in [2.45, 2.75) is 58.5 Å². The first-order valence-corrected chi connectivity index (χ1v) is 10.7. The molecule has 6 nitrogen and oxygen atoms in total. The third-order valence-electron chi connectivity index (χ3n) is 4.78. The van der Waals surface area contributed by atoms with E-state index < -0.39 is 0 Å². The fraction of sp³-hybridized carbons (Fsp3) is 0.762. The second-order valence-electron chi connectivity index (χ2n) is 7.14. The Kier molecular flexibility index (Phi) is 11.7. The number of rotatable bonds is 13. The maximum Gasteiger partial charge on any atom is 0.191 e. The third-order valence-corrected chi connectivity index (χ3v) is 4.78. The Hall–Kier alpha value is -1.53. The third kappa shape index (κ3) is 10.4. The Morgan fingerprint density at radius 1 is 1.15 bits per heavy atom. The van der Waals surface area contributed by atoms with Gasteiger partial charge < -0.3 is 24.7 Å². The molecule has 6 heteroatoms. The molecule has 154 valence electrons. The van der Waals surface area contributed by atoms with E-state index in [4.69, 9.17) is 9.15 Å². The van der Waals surface area contributed by atoms with Crippen LogP contribution < -0.4 is 10.6 Å². The quantitative estimate of drug-likeness (QED) is 0.313. The van der Waals surface area contributed by atoms with Gasteiger partial charge in [0, 0.05) is 26.2 Å². The summed E-state index contributed by atoms with van der Waals surface area (Å²) >= 11 is 0. The molecule has 1 fully saturated rings. The van der Waals surface area contributed by atoms with Crippen molar-refractivity contribution in [3.8, 4) is 0 Å². The van der Waals surface area contributed by atoms with Gasteiger partial charge >= 0.3 is 0 Å². The maximum absolute atomic E-state index is 5.59. The van der Waals surface area contributed by atoms with Crippen molar-refractivity contribution in [3.63, 3.8) is 0 Å². The zero-order chi connectivity index (χ0) is 19.0. The summed E-state index contributed by atoms with van der Waals surface area (Å²) in [4.78, 5) is 7.24. The van der Waals surface area contributed by atoms with E-state index in [0.717, 1.165) is 37.8 Å². The van der Waals surface area contributed by atoms with E-state index in [-0.39, 0.29) is 0 Å². The summed E-state index contributed by atoms with van der Waals surface area (Å²) in [6.07, 6.45) is 10.6. The SMILES string of the molecule is CCNC(=NCCCOCc1ccco1)NCCCCCN1CCCCC1. The van der Waals surface area contributed by atoms with Crippen molar-refractivity contribution in [1.82, 2.24) is 15.5 Å². The molecule has 0 spiro atoms. The van der Waals surface area contributed by atoms with Crippen LogP contribution in [0.2, 0.25) is 0 Å². The molecule has 1 aliphatic heterocycles. The number of hydrogen-bond acceptors (Lipinski definition) is 4. The van der Waals surface area contributed by atoms with Crippen molar-refractivity contribution in [2.75, 3.05) is 45.9 Å². The Labute approximate surface area is 164 Å². The molecule has 1 saturated heterocycles. The lowest BCUT2D eigenvalue weighted by Gasteiger charge is -2.26. The number of aliphatic imine (C=N–C) groups is 1. The number of piperidine rings is 1. The summed E-state index contributed by atoms with van der Waals surface area (Å²) in [7, 11) is 0. The van der Waals surface area contributed by atoms with Crippen molar-refractivity contribution in [1.29, 1.82) is 0 Å². The Balaban J connectivity index is 1.47. The summed E-state index contributed by atoms with van der Waals surface area (Å²) in [6.45, 7) is 9.85. The smallest absolute Gasteiger partial charge is 0.191 e. The summed E-state index contributed by atoms with van der Waals surface area (Å²) < 4.78 is 10.8. The Morgan fingerprint density at radius 2 is 2.04 bits per heavy atom. The van der Waals surface area contributed by atoms with Crippen molar-refractivity contribution >= 4 is 5.96 Å². The topological polar surface area (TPSA) is 62.0 Å². The van der Waals surface area contributed by atoms with Gasteiger partial charge in [-0.15, -0.1) is 0 Å². The van der Waals surface area contributed by atoms with Crippen LogP contribution in [-0.2, 0) is 11.3 Å². The number of nitrogens with one attached hydrogen (secondary N) is 2. The van der Waals surface area contributed by atoms with E-state index >= 15 is 0 Å². The number of hydrogen-bond donors (Lipinski definition) is 2. The monoisotopic (exact) mass is 378 g/mol. The van der Waals surface area contributed by atoms with Gasteiger partial charge in [0.05, 0.1) is 6.26 Å².